The van der Waals surface area contributed by atoms with Gasteiger partial charge in [-0.15, -0.1) is 0 Å². The molecule has 1 aliphatic heterocycles. The minimum absolute atomic E-state index is 0.107. The number of piperidine rings is 1. The van der Waals surface area contributed by atoms with Gasteiger partial charge in [0.05, 0.1) is 29.8 Å². The summed E-state index contributed by atoms with van der Waals surface area (Å²) in [4.78, 5) is 15.5. The summed E-state index contributed by atoms with van der Waals surface area (Å²) in [5, 5.41) is 0. The SMILES string of the molecule is COc1ccc(S(=O)(=O)N(Cc2ccccc2)c2ccccc2C(=O)N2CCC[C@H](C)C2)cc1. The Morgan fingerprint density at radius 1 is 1.00 bits per heavy atom. The number of hydrogen-bond acceptors (Lipinski definition) is 4. The van der Waals surface area contributed by atoms with Crippen LogP contribution in [0.2, 0.25) is 0 Å². The normalized spacial score (nSPS) is 16.2. The summed E-state index contributed by atoms with van der Waals surface area (Å²) in [6, 6.07) is 22.7. The Balaban J connectivity index is 1.79. The highest BCUT2D eigenvalue weighted by molar-refractivity contribution is 7.92. The Labute approximate surface area is 201 Å². The van der Waals surface area contributed by atoms with Crippen LogP contribution in [0.5, 0.6) is 5.75 Å². The number of nitrogens with zero attached hydrogens (tertiary/aromatic N) is 2. The van der Waals surface area contributed by atoms with Gasteiger partial charge in [0.15, 0.2) is 0 Å². The molecule has 3 aromatic rings. The Morgan fingerprint density at radius 2 is 1.68 bits per heavy atom. The summed E-state index contributed by atoms with van der Waals surface area (Å²) in [7, 11) is -2.43. The number of rotatable bonds is 7. The van der Waals surface area contributed by atoms with E-state index in [1.165, 1.54) is 23.5 Å². The van der Waals surface area contributed by atoms with Gasteiger partial charge in [0.25, 0.3) is 15.9 Å². The fourth-order valence-electron chi connectivity index (χ4n) is 4.34. The van der Waals surface area contributed by atoms with Crippen molar-refractivity contribution < 1.29 is 17.9 Å². The lowest BCUT2D eigenvalue weighted by molar-refractivity contribution is 0.0684. The second-order valence-corrected chi connectivity index (χ2v) is 10.6. The number of amides is 1. The van der Waals surface area contributed by atoms with Crippen molar-refractivity contribution in [1.29, 1.82) is 0 Å². The van der Waals surface area contributed by atoms with Crippen LogP contribution in [-0.4, -0.2) is 39.4 Å². The highest BCUT2D eigenvalue weighted by Crippen LogP contribution is 2.31. The van der Waals surface area contributed by atoms with Gasteiger partial charge in [-0.25, -0.2) is 8.42 Å². The lowest BCUT2D eigenvalue weighted by Gasteiger charge is -2.33. The zero-order valence-electron chi connectivity index (χ0n) is 19.6. The maximum Gasteiger partial charge on any atom is 0.264 e. The first-order valence-electron chi connectivity index (χ1n) is 11.5. The molecule has 0 saturated carbocycles. The Bertz CT molecular complexity index is 1230. The lowest BCUT2D eigenvalue weighted by atomic mass is 9.99. The van der Waals surface area contributed by atoms with Gasteiger partial charge in [0, 0.05) is 13.1 Å². The summed E-state index contributed by atoms with van der Waals surface area (Å²) in [5.74, 6) is 0.863. The summed E-state index contributed by atoms with van der Waals surface area (Å²) < 4.78 is 34.3. The molecule has 0 aliphatic carbocycles. The van der Waals surface area contributed by atoms with Gasteiger partial charge >= 0.3 is 0 Å². The van der Waals surface area contributed by atoms with E-state index in [0.29, 0.717) is 36.0 Å². The molecule has 4 rings (SSSR count). The van der Waals surface area contributed by atoms with Crippen LogP contribution in [0.3, 0.4) is 0 Å². The van der Waals surface area contributed by atoms with Crippen molar-refractivity contribution in [3.05, 3.63) is 90.0 Å². The molecule has 0 unspecified atom stereocenters. The third kappa shape index (κ3) is 5.09. The topological polar surface area (TPSA) is 66.9 Å². The molecule has 0 bridgehead atoms. The van der Waals surface area contributed by atoms with E-state index < -0.39 is 10.0 Å². The third-order valence-corrected chi connectivity index (χ3v) is 7.94. The number of methoxy groups -OCH3 is 1. The molecule has 34 heavy (non-hydrogen) atoms. The standard InChI is InChI=1S/C27H30N2O4S/c1-21-9-8-18-28(19-21)27(30)25-12-6-7-13-26(25)29(20-22-10-4-3-5-11-22)34(31,32)24-16-14-23(33-2)15-17-24/h3-7,10-17,21H,8-9,18-20H2,1-2H3/t21-/m0/s1. The van der Waals surface area contributed by atoms with Gasteiger partial charge in [-0.2, -0.15) is 0 Å². The summed E-state index contributed by atoms with van der Waals surface area (Å²) >= 11 is 0. The molecular weight excluding hydrogens is 448 g/mol. The third-order valence-electron chi connectivity index (χ3n) is 6.16. The Kier molecular flexibility index (Phi) is 7.22. The highest BCUT2D eigenvalue weighted by atomic mass is 32.2. The zero-order chi connectivity index (χ0) is 24.1. The van der Waals surface area contributed by atoms with Crippen molar-refractivity contribution in [3.63, 3.8) is 0 Å². The van der Waals surface area contributed by atoms with Gasteiger partial charge in [0.2, 0.25) is 0 Å². The smallest absolute Gasteiger partial charge is 0.264 e. The maximum atomic E-state index is 13.9. The maximum absolute atomic E-state index is 13.9. The van der Waals surface area contributed by atoms with Crippen molar-refractivity contribution in [2.24, 2.45) is 5.92 Å². The van der Waals surface area contributed by atoms with Gasteiger partial charge in [-0.1, -0.05) is 49.4 Å². The fraction of sp³-hybridized carbons (Fsp3) is 0.296. The number of carbonyl (C=O) groups is 1. The number of ether oxygens (including phenoxy) is 1. The number of anilines is 1. The van der Waals surface area contributed by atoms with Gasteiger partial charge in [0.1, 0.15) is 5.75 Å². The van der Waals surface area contributed by atoms with E-state index in [1.54, 1.807) is 36.4 Å². The molecule has 7 heteroatoms. The fourth-order valence-corrected chi connectivity index (χ4v) is 5.81. The number of sulfonamides is 1. The summed E-state index contributed by atoms with van der Waals surface area (Å²) in [6.07, 6.45) is 2.05. The average Bonchev–Trinajstić information content (AvgIpc) is 2.87. The number of para-hydroxylation sites is 1. The predicted octanol–water partition coefficient (Wildman–Crippen LogP) is 4.96. The molecule has 6 nitrogen and oxygen atoms in total. The largest absolute Gasteiger partial charge is 0.497 e. The zero-order valence-corrected chi connectivity index (χ0v) is 20.4. The Morgan fingerprint density at radius 3 is 2.35 bits per heavy atom. The van der Waals surface area contributed by atoms with Gasteiger partial charge in [-0.05, 0) is 60.7 Å². The van der Waals surface area contributed by atoms with Crippen LogP contribution in [0, 0.1) is 5.92 Å². The van der Waals surface area contributed by atoms with E-state index in [2.05, 4.69) is 6.92 Å². The average molecular weight is 479 g/mol. The van der Waals surface area contributed by atoms with Crippen LogP contribution >= 0.6 is 0 Å². The number of hydrogen-bond donors (Lipinski definition) is 0. The van der Waals surface area contributed by atoms with Crippen LogP contribution in [0.1, 0.15) is 35.7 Å². The first-order valence-corrected chi connectivity index (χ1v) is 12.9. The van der Waals surface area contributed by atoms with Crippen LogP contribution in [0.25, 0.3) is 0 Å². The quantitative estimate of drug-likeness (QED) is 0.481. The lowest BCUT2D eigenvalue weighted by Crippen LogP contribution is -2.40. The van der Waals surface area contributed by atoms with E-state index in [1.807, 2.05) is 35.2 Å². The van der Waals surface area contributed by atoms with Crippen LogP contribution < -0.4 is 9.04 Å². The van der Waals surface area contributed by atoms with Gasteiger partial charge < -0.3 is 9.64 Å². The van der Waals surface area contributed by atoms with Crippen LogP contribution in [0.4, 0.5) is 5.69 Å². The van der Waals surface area contributed by atoms with Crippen molar-refractivity contribution in [2.75, 3.05) is 24.5 Å². The van der Waals surface area contributed by atoms with Crippen molar-refractivity contribution in [2.45, 2.75) is 31.2 Å². The van der Waals surface area contributed by atoms with Crippen molar-refractivity contribution >= 4 is 21.6 Å². The van der Waals surface area contributed by atoms with Crippen LogP contribution in [-0.2, 0) is 16.6 Å². The number of benzene rings is 3. The van der Waals surface area contributed by atoms with Gasteiger partial charge in [-0.3, -0.25) is 9.10 Å². The molecule has 178 valence electrons. The van der Waals surface area contributed by atoms with E-state index in [0.717, 1.165) is 18.4 Å². The molecule has 0 N–H and O–H groups in total. The highest BCUT2D eigenvalue weighted by Gasteiger charge is 2.31. The predicted molar refractivity (Wildman–Crippen MR) is 134 cm³/mol. The number of likely N-dealkylation sites (tertiary alicyclic amines) is 1. The summed E-state index contributed by atoms with van der Waals surface area (Å²) in [6.45, 7) is 3.61. The molecule has 3 aromatic carbocycles. The van der Waals surface area contributed by atoms with E-state index in [-0.39, 0.29) is 17.3 Å². The molecule has 0 spiro atoms. The first-order chi connectivity index (χ1) is 16.4. The van der Waals surface area contributed by atoms with E-state index >= 15 is 0 Å². The van der Waals surface area contributed by atoms with Crippen LogP contribution in [0.15, 0.2) is 83.8 Å². The minimum atomic E-state index is -3.97. The first kappa shape index (κ1) is 23.8. The Hall–Kier alpha value is -3.32. The second kappa shape index (κ2) is 10.3. The molecular formula is C27H30N2O4S. The van der Waals surface area contributed by atoms with E-state index in [4.69, 9.17) is 4.74 Å². The molecule has 0 radical (unpaired) electrons. The molecule has 1 aliphatic rings. The van der Waals surface area contributed by atoms with Crippen molar-refractivity contribution in [3.8, 4) is 5.75 Å². The monoisotopic (exact) mass is 478 g/mol. The molecule has 1 atom stereocenters. The van der Waals surface area contributed by atoms with E-state index in [9.17, 15) is 13.2 Å². The minimum Gasteiger partial charge on any atom is -0.497 e. The number of carbonyl (C=O) groups excluding carboxylic acids is 1. The van der Waals surface area contributed by atoms with Crippen molar-refractivity contribution in [1.82, 2.24) is 4.90 Å². The second-order valence-electron chi connectivity index (χ2n) is 8.69. The molecule has 1 heterocycles. The molecule has 1 amide bonds. The molecule has 1 fully saturated rings. The molecule has 0 aromatic heterocycles. The molecule has 1 saturated heterocycles. The summed E-state index contributed by atoms with van der Waals surface area (Å²) in [5.41, 5.74) is 1.60.